The van der Waals surface area contributed by atoms with Crippen molar-refractivity contribution in [1.82, 2.24) is 14.8 Å². The first-order chi connectivity index (χ1) is 14.6. The molecule has 0 radical (unpaired) electrons. The number of amides is 1. The summed E-state index contributed by atoms with van der Waals surface area (Å²) in [6.45, 7) is 8.19. The van der Waals surface area contributed by atoms with Crippen molar-refractivity contribution in [2.45, 2.75) is 51.7 Å². The number of rotatable bonds is 5. The molecule has 1 aromatic heterocycles. The lowest BCUT2D eigenvalue weighted by Crippen LogP contribution is -2.52. The molecule has 1 aliphatic carbocycles. The highest BCUT2D eigenvalue weighted by molar-refractivity contribution is 5.79. The Morgan fingerprint density at radius 1 is 0.967 bits per heavy atom. The summed E-state index contributed by atoms with van der Waals surface area (Å²) in [7, 11) is 0. The van der Waals surface area contributed by atoms with Crippen molar-refractivity contribution >= 4 is 5.91 Å². The molecule has 5 nitrogen and oxygen atoms in total. The van der Waals surface area contributed by atoms with Crippen LogP contribution >= 0.6 is 0 Å². The van der Waals surface area contributed by atoms with Gasteiger partial charge in [-0.15, -0.1) is 0 Å². The van der Waals surface area contributed by atoms with Crippen molar-refractivity contribution in [2.24, 2.45) is 5.92 Å². The van der Waals surface area contributed by atoms with Crippen LogP contribution < -0.4 is 4.74 Å². The molecule has 2 heterocycles. The van der Waals surface area contributed by atoms with Crippen LogP contribution in [0, 0.1) is 5.92 Å². The van der Waals surface area contributed by atoms with E-state index in [0.717, 1.165) is 68.7 Å². The molecule has 0 unspecified atom stereocenters. The maximum atomic E-state index is 12.9. The number of carbonyl (C=O) groups is 1. The summed E-state index contributed by atoms with van der Waals surface area (Å²) >= 11 is 0. The lowest BCUT2D eigenvalue weighted by Gasteiger charge is -2.39. The Morgan fingerprint density at radius 2 is 1.67 bits per heavy atom. The molecule has 1 amide bonds. The minimum atomic E-state index is 0.170. The van der Waals surface area contributed by atoms with Crippen molar-refractivity contribution in [3.63, 3.8) is 0 Å². The van der Waals surface area contributed by atoms with Gasteiger partial charge in [0.05, 0.1) is 6.10 Å². The second-order valence-corrected chi connectivity index (χ2v) is 8.81. The van der Waals surface area contributed by atoms with Crippen molar-refractivity contribution in [2.75, 3.05) is 26.2 Å². The fraction of sp³-hybridized carbons (Fsp3) is 0.520. The van der Waals surface area contributed by atoms with E-state index in [1.165, 1.54) is 0 Å². The molecule has 2 fully saturated rings. The fourth-order valence-electron chi connectivity index (χ4n) is 4.60. The monoisotopic (exact) mass is 407 g/mol. The predicted octanol–water partition coefficient (Wildman–Crippen LogP) is 4.24. The minimum Gasteiger partial charge on any atom is -0.490 e. The summed E-state index contributed by atoms with van der Waals surface area (Å²) < 4.78 is 6.21. The molecule has 30 heavy (non-hydrogen) atoms. The first kappa shape index (κ1) is 20.9. The van der Waals surface area contributed by atoms with Crippen LogP contribution in [0.2, 0.25) is 0 Å². The third-order valence-electron chi connectivity index (χ3n) is 6.53. The molecule has 4 rings (SSSR count). The average Bonchev–Trinajstić information content (AvgIpc) is 2.80. The summed E-state index contributed by atoms with van der Waals surface area (Å²) in [6.07, 6.45) is 7.63. The highest BCUT2D eigenvalue weighted by Gasteiger charge is 2.32. The molecule has 1 aliphatic heterocycles. The highest BCUT2D eigenvalue weighted by Crippen LogP contribution is 2.30. The normalized spacial score (nSPS) is 22.8. The van der Waals surface area contributed by atoms with Crippen LogP contribution in [-0.2, 0) is 4.79 Å². The number of pyridine rings is 1. The Labute approximate surface area is 180 Å². The van der Waals surface area contributed by atoms with E-state index in [-0.39, 0.29) is 12.0 Å². The second-order valence-electron chi connectivity index (χ2n) is 8.81. The van der Waals surface area contributed by atoms with Crippen LogP contribution in [0.3, 0.4) is 0 Å². The predicted molar refractivity (Wildman–Crippen MR) is 119 cm³/mol. The van der Waals surface area contributed by atoms with E-state index in [4.69, 9.17) is 4.74 Å². The van der Waals surface area contributed by atoms with Crippen molar-refractivity contribution in [3.8, 4) is 16.9 Å². The van der Waals surface area contributed by atoms with Crippen LogP contribution in [-0.4, -0.2) is 59.0 Å². The van der Waals surface area contributed by atoms with E-state index in [0.29, 0.717) is 11.9 Å². The first-order valence-electron chi connectivity index (χ1n) is 11.3. The average molecular weight is 408 g/mol. The van der Waals surface area contributed by atoms with Gasteiger partial charge >= 0.3 is 0 Å². The first-order valence-corrected chi connectivity index (χ1v) is 11.3. The topological polar surface area (TPSA) is 45.7 Å². The number of carbonyl (C=O) groups excluding carboxylic acids is 1. The zero-order valence-electron chi connectivity index (χ0n) is 18.2. The Bertz CT molecular complexity index is 806. The molecule has 1 saturated heterocycles. The Morgan fingerprint density at radius 3 is 2.27 bits per heavy atom. The molecule has 0 N–H and O–H groups in total. The number of piperazine rings is 1. The van der Waals surface area contributed by atoms with E-state index in [9.17, 15) is 4.79 Å². The molecule has 2 aromatic rings. The van der Waals surface area contributed by atoms with E-state index in [2.05, 4.69) is 46.8 Å². The maximum Gasteiger partial charge on any atom is 0.225 e. The van der Waals surface area contributed by atoms with Crippen molar-refractivity contribution in [1.29, 1.82) is 0 Å². The quantitative estimate of drug-likeness (QED) is 0.744. The van der Waals surface area contributed by atoms with Crippen LogP contribution in [0.1, 0.15) is 39.5 Å². The molecule has 0 spiro atoms. The lowest BCUT2D eigenvalue weighted by atomic mass is 9.86. The summed E-state index contributed by atoms with van der Waals surface area (Å²) in [4.78, 5) is 21.6. The summed E-state index contributed by atoms with van der Waals surface area (Å²) in [5.74, 6) is 1.43. The van der Waals surface area contributed by atoms with Gasteiger partial charge < -0.3 is 9.64 Å². The molecular formula is C25H33N3O2. The van der Waals surface area contributed by atoms with E-state index >= 15 is 0 Å². The summed E-state index contributed by atoms with van der Waals surface area (Å²) in [5, 5.41) is 0. The van der Waals surface area contributed by atoms with Gasteiger partial charge in [-0.2, -0.15) is 0 Å². The van der Waals surface area contributed by atoms with Gasteiger partial charge in [-0.1, -0.05) is 18.2 Å². The van der Waals surface area contributed by atoms with Gasteiger partial charge in [-0.25, -0.2) is 0 Å². The number of hydrogen-bond acceptors (Lipinski definition) is 4. The van der Waals surface area contributed by atoms with E-state index in [1.54, 1.807) is 6.20 Å². The summed E-state index contributed by atoms with van der Waals surface area (Å²) in [5.41, 5.74) is 2.25. The maximum absolute atomic E-state index is 12.9. The number of hydrogen-bond donors (Lipinski definition) is 0. The molecule has 160 valence electrons. The summed E-state index contributed by atoms with van der Waals surface area (Å²) in [6, 6.07) is 12.8. The zero-order chi connectivity index (χ0) is 20.9. The Balaban J connectivity index is 1.24. The zero-order valence-corrected chi connectivity index (χ0v) is 18.2. The van der Waals surface area contributed by atoms with E-state index < -0.39 is 0 Å². The Hall–Kier alpha value is -2.40. The van der Waals surface area contributed by atoms with Gasteiger partial charge in [0, 0.05) is 50.5 Å². The third-order valence-corrected chi connectivity index (χ3v) is 6.53. The lowest BCUT2D eigenvalue weighted by molar-refractivity contribution is -0.139. The van der Waals surface area contributed by atoms with Gasteiger partial charge in [0.25, 0.3) is 0 Å². The smallest absolute Gasteiger partial charge is 0.225 e. The van der Waals surface area contributed by atoms with E-state index in [1.807, 2.05) is 24.4 Å². The molecule has 1 aromatic carbocycles. The van der Waals surface area contributed by atoms with Crippen LogP contribution in [0.5, 0.6) is 5.75 Å². The van der Waals surface area contributed by atoms with Crippen LogP contribution in [0.4, 0.5) is 0 Å². The largest absolute Gasteiger partial charge is 0.490 e. The number of aromatic nitrogens is 1. The Kier molecular flexibility index (Phi) is 6.68. The molecule has 1 saturated carbocycles. The van der Waals surface area contributed by atoms with Crippen LogP contribution in [0.15, 0.2) is 48.8 Å². The molecule has 5 heteroatoms. The molecule has 0 bridgehead atoms. The highest BCUT2D eigenvalue weighted by atomic mass is 16.5. The molecular weight excluding hydrogens is 374 g/mol. The van der Waals surface area contributed by atoms with Crippen molar-refractivity contribution in [3.05, 3.63) is 48.8 Å². The van der Waals surface area contributed by atoms with Gasteiger partial charge in [0.1, 0.15) is 5.75 Å². The van der Waals surface area contributed by atoms with Gasteiger partial charge in [0.15, 0.2) is 0 Å². The third kappa shape index (κ3) is 5.01. The van der Waals surface area contributed by atoms with Gasteiger partial charge in [0.2, 0.25) is 5.91 Å². The SMILES string of the molecule is CC(C)N1CCN(C(=O)[C@H]2CC[C@H](Oc3ccc(-c4cccnc4)cc3)CC2)CC1. The van der Waals surface area contributed by atoms with Gasteiger partial charge in [-0.05, 0) is 68.9 Å². The minimum absolute atomic E-state index is 0.170. The van der Waals surface area contributed by atoms with Crippen LogP contribution in [0.25, 0.3) is 11.1 Å². The number of benzene rings is 1. The van der Waals surface area contributed by atoms with Crippen molar-refractivity contribution < 1.29 is 9.53 Å². The molecule has 0 atom stereocenters. The van der Waals surface area contributed by atoms with Gasteiger partial charge in [-0.3, -0.25) is 14.7 Å². The second kappa shape index (κ2) is 9.61. The fourth-order valence-corrected chi connectivity index (χ4v) is 4.60. The molecule has 2 aliphatic rings. The standard InChI is InChI=1S/C25H33N3O2/c1-19(2)27-14-16-28(17-15-27)25(29)21-7-11-24(12-8-21)30-23-9-5-20(6-10-23)22-4-3-13-26-18-22/h3-6,9-10,13,18-19,21,24H,7-8,11-12,14-17H2,1-2H3/t21-,24-. The number of ether oxygens (including phenoxy) is 1. The number of nitrogens with zero attached hydrogens (tertiary/aromatic N) is 3.